The zero-order valence-electron chi connectivity index (χ0n) is 6.42. The topological polar surface area (TPSA) is 45.8 Å². The number of fused-ring (bicyclic) bond motifs is 1. The highest BCUT2D eigenvalue weighted by atomic mass is 16.1. The molecule has 1 N–H and O–H groups in total. The van der Waals surface area contributed by atoms with Gasteiger partial charge >= 0.3 is 0 Å². The minimum atomic E-state index is 0.0417. The summed E-state index contributed by atoms with van der Waals surface area (Å²) in [6.07, 6.45) is 3.51. The van der Waals surface area contributed by atoms with Gasteiger partial charge in [-0.1, -0.05) is 6.92 Å². The van der Waals surface area contributed by atoms with Crippen LogP contribution in [-0.2, 0) is 6.42 Å². The summed E-state index contributed by atoms with van der Waals surface area (Å²) in [5.41, 5.74) is 1.92. The number of rotatable bonds is 0. The molecule has 1 aromatic heterocycles. The average Bonchev–Trinajstić information content (AvgIpc) is 2.34. The fourth-order valence-electron chi connectivity index (χ4n) is 1.65. The van der Waals surface area contributed by atoms with Crippen molar-refractivity contribution in [3.63, 3.8) is 0 Å². The minimum absolute atomic E-state index is 0.0417. The van der Waals surface area contributed by atoms with Crippen LogP contribution in [0.25, 0.3) is 0 Å². The van der Waals surface area contributed by atoms with Crippen molar-refractivity contribution in [3.05, 3.63) is 27.9 Å². The predicted molar refractivity (Wildman–Crippen MR) is 41.6 cm³/mol. The van der Waals surface area contributed by atoms with Crippen LogP contribution in [0.1, 0.15) is 30.5 Å². The normalized spacial score (nSPS) is 21.7. The summed E-state index contributed by atoms with van der Waals surface area (Å²) in [4.78, 5) is 17.9. The summed E-state index contributed by atoms with van der Waals surface area (Å²) in [5.74, 6) is 0.391. The Morgan fingerprint density at radius 1 is 1.73 bits per heavy atom. The van der Waals surface area contributed by atoms with E-state index in [0.717, 1.165) is 24.1 Å². The molecule has 0 radical (unpaired) electrons. The molecular formula is C8H10N2O. The number of H-pyrrole nitrogens is 1. The van der Waals surface area contributed by atoms with Gasteiger partial charge in [0.15, 0.2) is 0 Å². The highest BCUT2D eigenvalue weighted by molar-refractivity contribution is 5.25. The standard InChI is InChI=1S/C8H10N2O/c1-5-2-3-6-7(5)8(11)10-4-9-6/h4-5H,2-3H2,1H3,(H,9,10,11). The number of nitrogens with zero attached hydrogens (tertiary/aromatic N) is 1. The lowest BCUT2D eigenvalue weighted by molar-refractivity contribution is 0.741. The summed E-state index contributed by atoms with van der Waals surface area (Å²) in [7, 11) is 0. The Kier molecular flexibility index (Phi) is 1.31. The molecule has 2 rings (SSSR count). The van der Waals surface area contributed by atoms with Crippen LogP contribution in [0.3, 0.4) is 0 Å². The fourth-order valence-corrected chi connectivity index (χ4v) is 1.65. The van der Waals surface area contributed by atoms with Crippen LogP contribution < -0.4 is 5.56 Å². The van der Waals surface area contributed by atoms with Crippen molar-refractivity contribution < 1.29 is 0 Å². The Hall–Kier alpha value is -1.12. The Morgan fingerprint density at radius 2 is 2.55 bits per heavy atom. The van der Waals surface area contributed by atoms with Crippen LogP contribution in [0, 0.1) is 0 Å². The van der Waals surface area contributed by atoms with Crippen LogP contribution in [0.4, 0.5) is 0 Å². The first-order valence-corrected chi connectivity index (χ1v) is 3.85. The van der Waals surface area contributed by atoms with Crippen molar-refractivity contribution >= 4 is 0 Å². The zero-order valence-corrected chi connectivity index (χ0v) is 6.42. The van der Waals surface area contributed by atoms with Crippen LogP contribution >= 0.6 is 0 Å². The van der Waals surface area contributed by atoms with Crippen LogP contribution in [-0.4, -0.2) is 9.97 Å². The molecule has 1 aliphatic carbocycles. The zero-order chi connectivity index (χ0) is 7.84. The van der Waals surface area contributed by atoms with E-state index in [1.807, 2.05) is 0 Å². The van der Waals surface area contributed by atoms with E-state index in [2.05, 4.69) is 16.9 Å². The van der Waals surface area contributed by atoms with Crippen LogP contribution in [0.2, 0.25) is 0 Å². The molecule has 11 heavy (non-hydrogen) atoms. The van der Waals surface area contributed by atoms with Gasteiger partial charge in [0, 0.05) is 5.56 Å². The van der Waals surface area contributed by atoms with E-state index >= 15 is 0 Å². The van der Waals surface area contributed by atoms with Gasteiger partial charge in [-0.2, -0.15) is 0 Å². The lowest BCUT2D eigenvalue weighted by Gasteiger charge is -1.99. The largest absolute Gasteiger partial charge is 0.313 e. The lowest BCUT2D eigenvalue weighted by atomic mass is 10.1. The molecule has 1 heterocycles. The molecule has 58 valence electrons. The van der Waals surface area contributed by atoms with Gasteiger partial charge in [0.2, 0.25) is 0 Å². The molecule has 0 saturated carbocycles. The van der Waals surface area contributed by atoms with Crippen molar-refractivity contribution in [2.75, 3.05) is 0 Å². The molecule has 0 aromatic carbocycles. The minimum Gasteiger partial charge on any atom is -0.313 e. The van der Waals surface area contributed by atoms with E-state index in [9.17, 15) is 4.79 Å². The van der Waals surface area contributed by atoms with Crippen LogP contribution in [0.5, 0.6) is 0 Å². The molecule has 0 fully saturated rings. The van der Waals surface area contributed by atoms with Crippen molar-refractivity contribution in [2.24, 2.45) is 0 Å². The predicted octanol–water partition coefficient (Wildman–Crippen LogP) is 0.820. The molecule has 0 saturated heterocycles. The number of aromatic amines is 1. The number of hydrogen-bond donors (Lipinski definition) is 1. The molecule has 1 aromatic rings. The van der Waals surface area contributed by atoms with E-state index in [1.54, 1.807) is 0 Å². The second-order valence-electron chi connectivity index (χ2n) is 3.03. The highest BCUT2D eigenvalue weighted by Gasteiger charge is 2.22. The molecule has 1 aliphatic rings. The van der Waals surface area contributed by atoms with Gasteiger partial charge in [0.05, 0.1) is 12.0 Å². The van der Waals surface area contributed by atoms with E-state index in [4.69, 9.17) is 0 Å². The molecular weight excluding hydrogens is 140 g/mol. The van der Waals surface area contributed by atoms with E-state index in [-0.39, 0.29) is 5.56 Å². The number of aryl methyl sites for hydroxylation is 1. The number of hydrogen-bond acceptors (Lipinski definition) is 2. The first-order valence-electron chi connectivity index (χ1n) is 3.85. The maximum atomic E-state index is 11.2. The number of nitrogens with one attached hydrogen (secondary N) is 1. The fraction of sp³-hybridized carbons (Fsp3) is 0.500. The third-order valence-electron chi connectivity index (χ3n) is 2.28. The molecule has 1 unspecified atom stereocenters. The Morgan fingerprint density at radius 3 is 3.27 bits per heavy atom. The first-order chi connectivity index (χ1) is 5.29. The Labute approximate surface area is 64.5 Å². The first kappa shape index (κ1) is 6.58. The third-order valence-corrected chi connectivity index (χ3v) is 2.28. The molecule has 3 heteroatoms. The quantitative estimate of drug-likeness (QED) is 0.595. The van der Waals surface area contributed by atoms with Gasteiger partial charge in [-0.3, -0.25) is 4.79 Å². The third kappa shape index (κ3) is 0.878. The maximum absolute atomic E-state index is 11.2. The van der Waals surface area contributed by atoms with Crippen molar-refractivity contribution in [1.82, 2.24) is 9.97 Å². The lowest BCUT2D eigenvalue weighted by Crippen LogP contribution is -2.13. The molecule has 1 atom stereocenters. The molecule has 3 nitrogen and oxygen atoms in total. The second kappa shape index (κ2) is 2.19. The summed E-state index contributed by atoms with van der Waals surface area (Å²) in [6, 6.07) is 0. The Bertz CT molecular complexity index is 329. The van der Waals surface area contributed by atoms with Gasteiger partial charge in [0.25, 0.3) is 5.56 Å². The van der Waals surface area contributed by atoms with Gasteiger partial charge in [0.1, 0.15) is 0 Å². The summed E-state index contributed by atoms with van der Waals surface area (Å²) in [6.45, 7) is 2.07. The van der Waals surface area contributed by atoms with E-state index in [0.29, 0.717) is 5.92 Å². The van der Waals surface area contributed by atoms with Gasteiger partial charge in [-0.05, 0) is 18.8 Å². The van der Waals surface area contributed by atoms with Gasteiger partial charge < -0.3 is 4.98 Å². The highest BCUT2D eigenvalue weighted by Crippen LogP contribution is 2.27. The summed E-state index contributed by atoms with van der Waals surface area (Å²) in [5, 5.41) is 0. The molecule has 0 spiro atoms. The second-order valence-corrected chi connectivity index (χ2v) is 3.03. The average molecular weight is 150 g/mol. The molecule has 0 bridgehead atoms. The van der Waals surface area contributed by atoms with Gasteiger partial charge in [-0.25, -0.2) is 4.98 Å². The molecule has 0 aliphatic heterocycles. The maximum Gasteiger partial charge on any atom is 0.254 e. The van der Waals surface area contributed by atoms with Crippen molar-refractivity contribution in [1.29, 1.82) is 0 Å². The summed E-state index contributed by atoms with van der Waals surface area (Å²) >= 11 is 0. The molecule has 0 amide bonds. The van der Waals surface area contributed by atoms with Crippen LogP contribution in [0.15, 0.2) is 11.1 Å². The van der Waals surface area contributed by atoms with Crippen molar-refractivity contribution in [2.45, 2.75) is 25.7 Å². The monoisotopic (exact) mass is 150 g/mol. The number of aromatic nitrogens is 2. The SMILES string of the molecule is CC1CCc2nc[nH]c(=O)c21. The van der Waals surface area contributed by atoms with Crippen molar-refractivity contribution in [3.8, 4) is 0 Å². The van der Waals surface area contributed by atoms with E-state index < -0.39 is 0 Å². The van der Waals surface area contributed by atoms with Gasteiger partial charge in [-0.15, -0.1) is 0 Å². The Balaban J connectivity index is 2.68. The smallest absolute Gasteiger partial charge is 0.254 e. The summed E-state index contributed by atoms with van der Waals surface area (Å²) < 4.78 is 0. The van der Waals surface area contributed by atoms with E-state index in [1.165, 1.54) is 6.33 Å².